The number of hydrogen-bond acceptors (Lipinski definition) is 7. The molecular formula is C26H22N4O5S. The fourth-order valence-electron chi connectivity index (χ4n) is 4.21. The molecule has 2 aliphatic rings. The summed E-state index contributed by atoms with van der Waals surface area (Å²) in [6.07, 6.45) is 0. The predicted molar refractivity (Wildman–Crippen MR) is 138 cm³/mol. The minimum Gasteiger partial charge on any atom is -0.453 e. The van der Waals surface area contributed by atoms with Crippen LogP contribution in [0.3, 0.4) is 0 Å². The van der Waals surface area contributed by atoms with E-state index in [0.29, 0.717) is 33.3 Å². The molecule has 1 aliphatic carbocycles. The maximum Gasteiger partial charge on any atom is 0.282 e. The topological polar surface area (TPSA) is 119 Å². The summed E-state index contributed by atoms with van der Waals surface area (Å²) in [7, 11) is -4.15. The van der Waals surface area contributed by atoms with Crippen molar-refractivity contribution >= 4 is 43.3 Å². The van der Waals surface area contributed by atoms with Crippen molar-refractivity contribution in [2.75, 3.05) is 18.0 Å². The van der Waals surface area contributed by atoms with Gasteiger partial charge in [-0.05, 0) is 38.1 Å². The maximum atomic E-state index is 13.1. The molecule has 0 saturated heterocycles. The van der Waals surface area contributed by atoms with Gasteiger partial charge in [-0.1, -0.05) is 24.3 Å². The van der Waals surface area contributed by atoms with E-state index in [0.717, 1.165) is 30.9 Å². The highest BCUT2D eigenvalue weighted by Crippen LogP contribution is 2.32. The Kier molecular flexibility index (Phi) is 5.89. The van der Waals surface area contributed by atoms with Gasteiger partial charge in [0.1, 0.15) is 11.2 Å². The minimum absolute atomic E-state index is 0.144. The second kappa shape index (κ2) is 9.04. The van der Waals surface area contributed by atoms with E-state index in [2.05, 4.69) is 23.1 Å². The van der Waals surface area contributed by atoms with Gasteiger partial charge >= 0.3 is 0 Å². The first-order chi connectivity index (χ1) is 17.3. The largest absolute Gasteiger partial charge is 0.453 e. The van der Waals surface area contributed by atoms with E-state index in [4.69, 9.17) is 9.40 Å². The highest BCUT2D eigenvalue weighted by Gasteiger charge is 2.19. The molecule has 9 nitrogen and oxygen atoms in total. The van der Waals surface area contributed by atoms with Crippen LogP contribution in [-0.4, -0.2) is 31.4 Å². The Balaban J connectivity index is 1.74. The van der Waals surface area contributed by atoms with Crippen LogP contribution in [0, 0.1) is 10.1 Å². The summed E-state index contributed by atoms with van der Waals surface area (Å²) < 4.78 is 36.4. The molecule has 0 radical (unpaired) electrons. The molecule has 0 unspecified atom stereocenters. The summed E-state index contributed by atoms with van der Waals surface area (Å²) in [4.78, 5) is 17.2. The van der Waals surface area contributed by atoms with Crippen molar-refractivity contribution in [3.63, 3.8) is 0 Å². The average molecular weight is 503 g/mol. The van der Waals surface area contributed by atoms with Crippen molar-refractivity contribution < 1.29 is 17.8 Å². The van der Waals surface area contributed by atoms with Gasteiger partial charge < -0.3 is 9.32 Å². The van der Waals surface area contributed by atoms with Crippen LogP contribution in [0.5, 0.6) is 0 Å². The molecule has 0 bridgehead atoms. The molecule has 0 fully saturated rings. The second-order valence-corrected chi connectivity index (χ2v) is 9.75. The quantitative estimate of drug-likeness (QED) is 0.137. The molecule has 10 heteroatoms. The van der Waals surface area contributed by atoms with Crippen LogP contribution in [0.25, 0.3) is 33.3 Å². The lowest BCUT2D eigenvalue weighted by Gasteiger charge is -2.21. The summed E-state index contributed by atoms with van der Waals surface area (Å²) in [5.41, 5.74) is 2.66. The van der Waals surface area contributed by atoms with Crippen molar-refractivity contribution in [3.8, 4) is 11.5 Å². The zero-order valence-electron chi connectivity index (χ0n) is 19.6. The maximum absolute atomic E-state index is 13.1. The Labute approximate surface area is 206 Å². The third-order valence-electron chi connectivity index (χ3n) is 6.05. The molecule has 0 N–H and O–H groups in total. The van der Waals surface area contributed by atoms with Gasteiger partial charge in [0.05, 0.1) is 15.2 Å². The number of rotatable bonds is 6. The van der Waals surface area contributed by atoms with Gasteiger partial charge in [0.25, 0.3) is 15.7 Å². The highest BCUT2D eigenvalue weighted by molar-refractivity contribution is 7.90. The number of anilines is 1. The second-order valence-electron chi connectivity index (χ2n) is 8.14. The lowest BCUT2D eigenvalue weighted by Crippen LogP contribution is -2.21. The van der Waals surface area contributed by atoms with E-state index < -0.39 is 14.9 Å². The van der Waals surface area contributed by atoms with E-state index in [1.807, 2.05) is 30.3 Å². The van der Waals surface area contributed by atoms with E-state index >= 15 is 0 Å². The van der Waals surface area contributed by atoms with Crippen LogP contribution in [0.1, 0.15) is 13.8 Å². The summed E-state index contributed by atoms with van der Waals surface area (Å²) in [5.74, 6) is 0.399. The van der Waals surface area contributed by atoms with Crippen LogP contribution in [0.4, 0.5) is 11.4 Å². The fourth-order valence-corrected chi connectivity index (χ4v) is 5.20. The summed E-state index contributed by atoms with van der Waals surface area (Å²) in [5, 5.41) is 12.4. The van der Waals surface area contributed by atoms with Crippen LogP contribution in [0.15, 0.2) is 86.5 Å². The molecule has 1 heterocycles. The number of fused-ring (bicyclic) bond motifs is 4. The minimum atomic E-state index is -4.15. The molecule has 0 amide bonds. The first-order valence-corrected chi connectivity index (χ1v) is 12.8. The standard InChI is InChI=1S/C26H22N4O5S/c1-3-29(4-2)18-11-14-22-24(15-18)35-25-16-23(20-7-5-6-8-21(20)26(25)27-22)28-36(33,34)19-12-9-17(10-13-19)30(31)32/h5-16H,3-4H2,1-2H3/b28-23+. The van der Waals surface area contributed by atoms with Crippen LogP contribution in [-0.2, 0) is 10.0 Å². The molecule has 0 aromatic heterocycles. The van der Waals surface area contributed by atoms with Crippen molar-refractivity contribution in [2.24, 2.45) is 4.40 Å². The lowest BCUT2D eigenvalue weighted by molar-refractivity contribution is -0.384. The summed E-state index contributed by atoms with van der Waals surface area (Å²) >= 11 is 0. The predicted octanol–water partition coefficient (Wildman–Crippen LogP) is 5.13. The number of benzene rings is 4. The SMILES string of the molecule is CCN(CC)c1ccc2nc3c4ccccc4/c(=N/S(=O)(=O)c4ccc([N+](=O)[O-])cc4)cc-3oc2c1. The molecule has 182 valence electrons. The number of non-ortho nitro benzene ring substituents is 1. The first kappa shape index (κ1) is 23.4. The van der Waals surface area contributed by atoms with Crippen LogP contribution < -0.4 is 10.3 Å². The molecule has 36 heavy (non-hydrogen) atoms. The Hall–Kier alpha value is -4.31. The zero-order chi connectivity index (χ0) is 25.4. The number of aromatic nitrogens is 1. The van der Waals surface area contributed by atoms with Crippen molar-refractivity contribution in [1.82, 2.24) is 4.98 Å². The van der Waals surface area contributed by atoms with Gasteiger partial charge in [0.15, 0.2) is 11.3 Å². The van der Waals surface area contributed by atoms with Gasteiger partial charge in [-0.25, -0.2) is 4.98 Å². The van der Waals surface area contributed by atoms with Gasteiger partial charge in [-0.2, -0.15) is 12.8 Å². The van der Waals surface area contributed by atoms with Gasteiger partial charge in [-0.15, -0.1) is 0 Å². The van der Waals surface area contributed by atoms with E-state index in [1.165, 1.54) is 12.1 Å². The first-order valence-electron chi connectivity index (χ1n) is 11.4. The molecule has 5 rings (SSSR count). The monoisotopic (exact) mass is 502 g/mol. The average Bonchev–Trinajstić information content (AvgIpc) is 2.88. The van der Waals surface area contributed by atoms with Crippen LogP contribution in [0.2, 0.25) is 0 Å². The van der Waals surface area contributed by atoms with E-state index in [1.54, 1.807) is 18.2 Å². The molecule has 3 aromatic carbocycles. The van der Waals surface area contributed by atoms with E-state index in [-0.39, 0.29) is 15.9 Å². The number of nitrogens with zero attached hydrogens (tertiary/aromatic N) is 4. The van der Waals surface area contributed by atoms with Gasteiger partial charge in [0.2, 0.25) is 0 Å². The van der Waals surface area contributed by atoms with Crippen LogP contribution >= 0.6 is 0 Å². The summed E-state index contributed by atoms with van der Waals surface area (Å²) in [6.45, 7) is 5.85. The van der Waals surface area contributed by atoms with Gasteiger partial charge in [0, 0.05) is 53.8 Å². The highest BCUT2D eigenvalue weighted by atomic mass is 32.2. The summed E-state index contributed by atoms with van der Waals surface area (Å²) in [6, 6.07) is 19.3. The van der Waals surface area contributed by atoms with Gasteiger partial charge in [-0.3, -0.25) is 10.1 Å². The van der Waals surface area contributed by atoms with Crippen molar-refractivity contribution in [1.29, 1.82) is 0 Å². The molecule has 3 aromatic rings. The Bertz CT molecular complexity index is 1760. The van der Waals surface area contributed by atoms with E-state index in [9.17, 15) is 18.5 Å². The number of sulfonamides is 1. The molecule has 0 atom stereocenters. The number of hydrogen-bond donors (Lipinski definition) is 0. The Morgan fingerprint density at radius 2 is 1.67 bits per heavy atom. The molecule has 0 saturated carbocycles. The molecule has 1 aliphatic heterocycles. The third-order valence-corrected chi connectivity index (χ3v) is 7.35. The smallest absolute Gasteiger partial charge is 0.282 e. The molecule has 0 spiro atoms. The normalized spacial score (nSPS) is 12.4. The van der Waals surface area contributed by atoms with Crippen molar-refractivity contribution in [2.45, 2.75) is 18.7 Å². The molecular weight excluding hydrogens is 480 g/mol. The number of nitro benzene ring substituents is 1. The zero-order valence-corrected chi connectivity index (χ0v) is 20.4. The lowest BCUT2D eigenvalue weighted by atomic mass is 10.0. The Morgan fingerprint density at radius 3 is 2.33 bits per heavy atom. The fraction of sp³-hybridized carbons (Fsp3) is 0.154. The third kappa shape index (κ3) is 4.16. The van der Waals surface area contributed by atoms with Crippen molar-refractivity contribution in [3.05, 3.63) is 88.3 Å². The number of nitro groups is 1. The Morgan fingerprint density at radius 1 is 0.972 bits per heavy atom.